The third-order valence-electron chi connectivity index (χ3n) is 6.77. The second-order valence-electron chi connectivity index (χ2n) is 9.15. The predicted molar refractivity (Wildman–Crippen MR) is 147 cm³/mol. The Hall–Kier alpha value is -3.81. The lowest BCUT2D eigenvalue weighted by Crippen LogP contribution is -2.47. The highest BCUT2D eigenvalue weighted by molar-refractivity contribution is 6.35. The molecular weight excluding hydrogens is 523 g/mol. The van der Waals surface area contributed by atoms with Gasteiger partial charge in [0.25, 0.3) is 5.91 Å². The summed E-state index contributed by atoms with van der Waals surface area (Å²) >= 11 is 12.5. The Morgan fingerprint density at radius 1 is 1.00 bits per heavy atom. The van der Waals surface area contributed by atoms with Crippen LogP contribution < -0.4 is 10.6 Å². The van der Waals surface area contributed by atoms with Crippen LogP contribution in [-0.4, -0.2) is 47.3 Å². The van der Waals surface area contributed by atoms with Crippen LogP contribution in [0.25, 0.3) is 11.1 Å². The SMILES string of the molecule is CCN1C(=O)NC(c2ccc(Cl)cc2Cl)C2=C1CN(CC(=O)NCc1ccc(-c3ccccc3)cc1)C2=O. The fraction of sp³-hybridized carbons (Fsp3) is 0.207. The quantitative estimate of drug-likeness (QED) is 0.427. The summed E-state index contributed by atoms with van der Waals surface area (Å²) in [6, 6.07) is 21.9. The number of nitrogens with one attached hydrogen (secondary N) is 2. The van der Waals surface area contributed by atoms with Crippen LogP contribution in [0.5, 0.6) is 0 Å². The fourth-order valence-corrected chi connectivity index (χ4v) is 5.37. The maximum Gasteiger partial charge on any atom is 0.322 e. The molecule has 2 aliphatic rings. The summed E-state index contributed by atoms with van der Waals surface area (Å²) in [6.07, 6.45) is 0. The molecule has 0 radical (unpaired) electrons. The number of hydrogen-bond donors (Lipinski definition) is 2. The molecule has 2 N–H and O–H groups in total. The molecule has 2 aliphatic heterocycles. The highest BCUT2D eigenvalue weighted by atomic mass is 35.5. The minimum atomic E-state index is -0.728. The Balaban J connectivity index is 1.27. The molecule has 3 aromatic rings. The van der Waals surface area contributed by atoms with Gasteiger partial charge in [0, 0.05) is 23.1 Å². The van der Waals surface area contributed by atoms with Gasteiger partial charge in [-0.2, -0.15) is 0 Å². The van der Waals surface area contributed by atoms with Crippen molar-refractivity contribution in [3.8, 4) is 11.1 Å². The number of urea groups is 1. The first-order valence-corrected chi connectivity index (χ1v) is 13.1. The number of likely N-dealkylation sites (N-methyl/N-ethyl adjacent to an activating group) is 1. The highest BCUT2D eigenvalue weighted by Gasteiger charge is 2.44. The molecule has 5 rings (SSSR count). The number of rotatable bonds is 7. The summed E-state index contributed by atoms with van der Waals surface area (Å²) in [6.45, 7) is 2.60. The molecule has 194 valence electrons. The smallest absolute Gasteiger partial charge is 0.322 e. The first-order valence-electron chi connectivity index (χ1n) is 12.3. The monoisotopic (exact) mass is 548 g/mol. The van der Waals surface area contributed by atoms with E-state index in [9.17, 15) is 14.4 Å². The zero-order chi connectivity index (χ0) is 26.8. The van der Waals surface area contributed by atoms with Gasteiger partial charge in [0.15, 0.2) is 0 Å². The highest BCUT2D eigenvalue weighted by Crippen LogP contribution is 2.39. The Bertz CT molecular complexity index is 1420. The molecule has 3 aromatic carbocycles. The maximum absolute atomic E-state index is 13.5. The molecule has 2 heterocycles. The van der Waals surface area contributed by atoms with Crippen molar-refractivity contribution >= 4 is 41.0 Å². The van der Waals surface area contributed by atoms with Crippen molar-refractivity contribution in [1.82, 2.24) is 20.4 Å². The van der Waals surface area contributed by atoms with Gasteiger partial charge in [-0.15, -0.1) is 0 Å². The van der Waals surface area contributed by atoms with Crippen molar-refractivity contribution in [2.75, 3.05) is 19.6 Å². The number of nitrogens with zero attached hydrogens (tertiary/aromatic N) is 2. The van der Waals surface area contributed by atoms with E-state index in [2.05, 4.69) is 10.6 Å². The minimum Gasteiger partial charge on any atom is -0.350 e. The number of halogens is 2. The van der Waals surface area contributed by atoms with E-state index in [0.717, 1.165) is 16.7 Å². The van der Waals surface area contributed by atoms with Crippen molar-refractivity contribution in [1.29, 1.82) is 0 Å². The van der Waals surface area contributed by atoms with E-state index in [0.29, 0.717) is 40.0 Å². The van der Waals surface area contributed by atoms with Crippen molar-refractivity contribution < 1.29 is 14.4 Å². The van der Waals surface area contributed by atoms with E-state index >= 15 is 0 Å². The Labute approximate surface area is 231 Å². The molecule has 4 amide bonds. The van der Waals surface area contributed by atoms with Gasteiger partial charge in [-0.1, -0.05) is 83.9 Å². The summed E-state index contributed by atoms with van der Waals surface area (Å²) in [5, 5.41) is 6.59. The first-order chi connectivity index (χ1) is 18.4. The summed E-state index contributed by atoms with van der Waals surface area (Å²) < 4.78 is 0. The molecule has 1 unspecified atom stereocenters. The second-order valence-corrected chi connectivity index (χ2v) is 10.00. The van der Waals surface area contributed by atoms with Gasteiger partial charge in [0.1, 0.15) is 6.54 Å². The summed E-state index contributed by atoms with van der Waals surface area (Å²) in [5.41, 5.74) is 4.75. The van der Waals surface area contributed by atoms with Crippen LogP contribution in [0.2, 0.25) is 10.0 Å². The number of hydrogen-bond acceptors (Lipinski definition) is 3. The molecule has 9 heteroatoms. The van der Waals surface area contributed by atoms with Crippen LogP contribution in [0.3, 0.4) is 0 Å². The number of carbonyl (C=O) groups excluding carboxylic acids is 3. The van der Waals surface area contributed by atoms with Gasteiger partial charge in [-0.25, -0.2) is 4.79 Å². The summed E-state index contributed by atoms with van der Waals surface area (Å²) in [7, 11) is 0. The predicted octanol–water partition coefficient (Wildman–Crippen LogP) is 5.16. The van der Waals surface area contributed by atoms with Crippen LogP contribution >= 0.6 is 23.2 Å². The van der Waals surface area contributed by atoms with Crippen molar-refractivity contribution in [3.05, 3.63) is 105 Å². The van der Waals surface area contributed by atoms with Gasteiger partial charge in [-0.3, -0.25) is 14.5 Å². The lowest BCUT2D eigenvalue weighted by Gasteiger charge is -2.33. The molecule has 1 atom stereocenters. The third kappa shape index (κ3) is 5.12. The average Bonchev–Trinajstić information content (AvgIpc) is 3.23. The molecule has 7 nitrogen and oxygen atoms in total. The van der Waals surface area contributed by atoms with E-state index in [1.165, 1.54) is 9.80 Å². The van der Waals surface area contributed by atoms with Crippen molar-refractivity contribution in [3.63, 3.8) is 0 Å². The molecule has 0 saturated carbocycles. The first kappa shape index (κ1) is 25.8. The van der Waals surface area contributed by atoms with Crippen LogP contribution in [0.4, 0.5) is 4.79 Å². The molecule has 0 spiro atoms. The molecule has 38 heavy (non-hydrogen) atoms. The lowest BCUT2D eigenvalue weighted by atomic mass is 9.95. The normalized spacial score (nSPS) is 17.0. The number of amides is 4. The van der Waals surface area contributed by atoms with Gasteiger partial charge < -0.3 is 15.5 Å². The summed E-state index contributed by atoms with van der Waals surface area (Å²) in [4.78, 5) is 42.1. The van der Waals surface area contributed by atoms with E-state index in [-0.39, 0.29) is 30.9 Å². The van der Waals surface area contributed by atoms with E-state index in [4.69, 9.17) is 23.2 Å². The standard InChI is InChI=1S/C29H26Cl2N4O3/c1-2-35-24-16-34(28(37)26(24)27(33-29(35)38)22-13-12-21(30)14-23(22)31)17-25(36)32-15-18-8-10-20(11-9-18)19-6-4-3-5-7-19/h3-14,27H,2,15-17H2,1H3,(H,32,36)(H,33,38). The Morgan fingerprint density at radius 2 is 1.71 bits per heavy atom. The molecule has 0 saturated heterocycles. The van der Waals surface area contributed by atoms with Crippen molar-refractivity contribution in [2.24, 2.45) is 0 Å². The van der Waals surface area contributed by atoms with Gasteiger partial charge >= 0.3 is 6.03 Å². The lowest BCUT2D eigenvalue weighted by molar-refractivity contribution is -0.132. The van der Waals surface area contributed by atoms with Gasteiger partial charge in [0.05, 0.1) is 23.9 Å². The maximum atomic E-state index is 13.5. The van der Waals surface area contributed by atoms with Crippen molar-refractivity contribution in [2.45, 2.75) is 19.5 Å². The molecule has 0 bridgehead atoms. The number of carbonyl (C=O) groups is 3. The van der Waals surface area contributed by atoms with E-state index < -0.39 is 6.04 Å². The molecule has 0 aromatic heterocycles. The number of benzene rings is 3. The zero-order valence-corrected chi connectivity index (χ0v) is 22.2. The van der Waals surface area contributed by atoms with Crippen LogP contribution in [-0.2, 0) is 16.1 Å². The van der Waals surface area contributed by atoms with E-state index in [1.807, 2.05) is 61.5 Å². The Morgan fingerprint density at radius 3 is 2.39 bits per heavy atom. The van der Waals surface area contributed by atoms with Gasteiger partial charge in [-0.05, 0) is 41.3 Å². The Kier molecular flexibility index (Phi) is 7.40. The van der Waals surface area contributed by atoms with Crippen LogP contribution in [0, 0.1) is 0 Å². The third-order valence-corrected chi connectivity index (χ3v) is 7.33. The molecule has 0 aliphatic carbocycles. The fourth-order valence-electron chi connectivity index (χ4n) is 4.86. The summed E-state index contributed by atoms with van der Waals surface area (Å²) in [5.74, 6) is -0.592. The molecular formula is C29H26Cl2N4O3. The van der Waals surface area contributed by atoms with Crippen LogP contribution in [0.15, 0.2) is 84.1 Å². The largest absolute Gasteiger partial charge is 0.350 e. The topological polar surface area (TPSA) is 81.8 Å². The van der Waals surface area contributed by atoms with Crippen LogP contribution in [0.1, 0.15) is 24.1 Å². The van der Waals surface area contributed by atoms with Gasteiger partial charge in [0.2, 0.25) is 5.91 Å². The molecule has 0 fully saturated rings. The zero-order valence-electron chi connectivity index (χ0n) is 20.7. The second kappa shape index (κ2) is 10.9. The van der Waals surface area contributed by atoms with E-state index in [1.54, 1.807) is 18.2 Å². The minimum absolute atomic E-state index is 0.124. The average molecular weight is 549 g/mol.